The van der Waals surface area contributed by atoms with Gasteiger partial charge in [-0.15, -0.1) is 0 Å². The Kier molecular flexibility index (Phi) is 2.42. The summed E-state index contributed by atoms with van der Waals surface area (Å²) in [6.07, 6.45) is 0.915. The number of piperidine rings is 1. The van der Waals surface area contributed by atoms with Crippen LogP contribution in [0.25, 0.3) is 0 Å². The van der Waals surface area contributed by atoms with Crippen molar-refractivity contribution in [2.24, 2.45) is 5.41 Å². The van der Waals surface area contributed by atoms with Crippen molar-refractivity contribution in [3.8, 4) is 0 Å². The SMILES string of the molecule is CC(C)(C)OC(=O)N1C(C(=O)O)C[C@@]2(C)CC12. The summed E-state index contributed by atoms with van der Waals surface area (Å²) in [5.41, 5.74) is -0.603. The summed E-state index contributed by atoms with van der Waals surface area (Å²) < 4.78 is 5.27. The number of likely N-dealkylation sites (tertiary alicyclic amines) is 1. The Morgan fingerprint density at radius 2 is 1.94 bits per heavy atom. The molecule has 1 N–H and O–H groups in total. The highest BCUT2D eigenvalue weighted by atomic mass is 16.6. The standard InChI is InChI=1S/C12H19NO4/c1-11(2,3)17-10(16)13-7(9(14)15)5-12(4)6-8(12)13/h7-8H,5-6H2,1-4H3,(H,14,15)/t7?,8?,12-/m0/s1. The number of carboxylic acids is 1. The first-order valence-electron chi connectivity index (χ1n) is 5.88. The summed E-state index contributed by atoms with van der Waals surface area (Å²) >= 11 is 0. The van der Waals surface area contributed by atoms with Gasteiger partial charge < -0.3 is 9.84 Å². The van der Waals surface area contributed by atoms with Crippen molar-refractivity contribution in [2.45, 2.75) is 58.2 Å². The lowest BCUT2D eigenvalue weighted by atomic mass is 10.0. The summed E-state index contributed by atoms with van der Waals surface area (Å²) in [6.45, 7) is 7.37. The number of rotatable bonds is 1. The number of hydrogen-bond acceptors (Lipinski definition) is 3. The first-order chi connectivity index (χ1) is 7.64. The van der Waals surface area contributed by atoms with E-state index in [0.29, 0.717) is 6.42 Å². The molecule has 5 nitrogen and oxygen atoms in total. The number of carboxylic acid groups (broad SMARTS) is 1. The van der Waals surface area contributed by atoms with Gasteiger partial charge in [0, 0.05) is 6.04 Å². The van der Waals surface area contributed by atoms with E-state index in [2.05, 4.69) is 0 Å². The molecule has 1 saturated heterocycles. The van der Waals surface area contributed by atoms with Gasteiger partial charge in [-0.1, -0.05) is 6.92 Å². The van der Waals surface area contributed by atoms with Gasteiger partial charge in [0.15, 0.2) is 0 Å². The number of fused-ring (bicyclic) bond motifs is 1. The molecule has 3 atom stereocenters. The van der Waals surface area contributed by atoms with Gasteiger partial charge in [-0.05, 0) is 39.0 Å². The molecule has 2 aliphatic rings. The van der Waals surface area contributed by atoms with Gasteiger partial charge in [-0.3, -0.25) is 4.90 Å². The van der Waals surface area contributed by atoms with Crippen LogP contribution < -0.4 is 0 Å². The number of ether oxygens (including phenoxy) is 1. The third kappa shape index (κ3) is 2.10. The predicted octanol–water partition coefficient (Wildman–Crippen LogP) is 1.86. The molecule has 2 rings (SSSR count). The zero-order valence-electron chi connectivity index (χ0n) is 10.7. The molecule has 0 spiro atoms. The van der Waals surface area contributed by atoms with Crippen LogP contribution in [-0.2, 0) is 9.53 Å². The van der Waals surface area contributed by atoms with Crippen LogP contribution in [0.4, 0.5) is 4.79 Å². The number of amides is 1. The molecule has 1 aliphatic heterocycles. The first-order valence-corrected chi connectivity index (χ1v) is 5.88. The van der Waals surface area contributed by atoms with Gasteiger partial charge in [0.2, 0.25) is 0 Å². The molecule has 0 aromatic rings. The van der Waals surface area contributed by atoms with Crippen LogP contribution in [0, 0.1) is 5.41 Å². The second kappa shape index (κ2) is 3.37. The second-order valence-electron chi connectivity index (χ2n) is 6.32. The average molecular weight is 241 g/mol. The fraction of sp³-hybridized carbons (Fsp3) is 0.833. The molecule has 1 aliphatic carbocycles. The van der Waals surface area contributed by atoms with Crippen molar-refractivity contribution in [1.29, 1.82) is 0 Å². The third-order valence-electron chi connectivity index (χ3n) is 3.52. The molecule has 0 radical (unpaired) electrons. The summed E-state index contributed by atoms with van der Waals surface area (Å²) in [7, 11) is 0. The van der Waals surface area contributed by atoms with E-state index in [0.717, 1.165) is 6.42 Å². The van der Waals surface area contributed by atoms with E-state index in [4.69, 9.17) is 9.84 Å². The fourth-order valence-electron chi connectivity index (χ4n) is 2.57. The Bertz CT molecular complexity index is 373. The molecule has 1 heterocycles. The normalized spacial score (nSPS) is 35.4. The number of carbonyl (C=O) groups excluding carboxylic acids is 1. The molecule has 0 aromatic carbocycles. The maximum absolute atomic E-state index is 12.0. The smallest absolute Gasteiger partial charge is 0.411 e. The molecule has 0 bridgehead atoms. The van der Waals surface area contributed by atoms with Gasteiger partial charge in [0.1, 0.15) is 11.6 Å². The van der Waals surface area contributed by atoms with Crippen LogP contribution in [0.2, 0.25) is 0 Å². The number of aliphatic carboxylic acids is 1. The molecule has 2 fully saturated rings. The molecule has 0 aromatic heterocycles. The summed E-state index contributed by atoms with van der Waals surface area (Å²) in [4.78, 5) is 24.5. The highest BCUT2D eigenvalue weighted by Crippen LogP contribution is 2.59. The Morgan fingerprint density at radius 1 is 1.35 bits per heavy atom. The minimum atomic E-state index is -0.940. The minimum Gasteiger partial charge on any atom is -0.480 e. The number of hydrogen-bond donors (Lipinski definition) is 1. The Labute approximate surface area is 101 Å². The molecular weight excluding hydrogens is 222 g/mol. The van der Waals surface area contributed by atoms with E-state index in [-0.39, 0.29) is 11.5 Å². The van der Waals surface area contributed by atoms with E-state index >= 15 is 0 Å². The molecule has 5 heteroatoms. The van der Waals surface area contributed by atoms with Crippen molar-refractivity contribution in [2.75, 3.05) is 0 Å². The van der Waals surface area contributed by atoms with Crippen molar-refractivity contribution in [3.63, 3.8) is 0 Å². The maximum atomic E-state index is 12.0. The molecule has 1 saturated carbocycles. The number of carbonyl (C=O) groups is 2. The molecule has 1 amide bonds. The molecule has 2 unspecified atom stereocenters. The summed E-state index contributed by atoms with van der Waals surface area (Å²) in [5, 5.41) is 9.13. The predicted molar refractivity (Wildman–Crippen MR) is 60.6 cm³/mol. The Morgan fingerprint density at radius 3 is 2.41 bits per heavy atom. The van der Waals surface area contributed by atoms with Gasteiger partial charge in [-0.25, -0.2) is 9.59 Å². The van der Waals surface area contributed by atoms with E-state index in [1.54, 1.807) is 20.8 Å². The van der Waals surface area contributed by atoms with E-state index in [9.17, 15) is 9.59 Å². The molecule has 17 heavy (non-hydrogen) atoms. The van der Waals surface area contributed by atoms with Gasteiger partial charge >= 0.3 is 12.1 Å². The highest BCUT2D eigenvalue weighted by molar-refractivity contribution is 5.82. The maximum Gasteiger partial charge on any atom is 0.411 e. The monoisotopic (exact) mass is 241 g/mol. The second-order valence-corrected chi connectivity index (χ2v) is 6.32. The Hall–Kier alpha value is -1.26. The molecular formula is C12H19NO4. The lowest BCUT2D eigenvalue weighted by Crippen LogP contribution is -2.45. The zero-order chi connectivity index (χ0) is 13.0. The summed E-state index contributed by atoms with van der Waals surface area (Å²) in [5.74, 6) is -0.940. The third-order valence-corrected chi connectivity index (χ3v) is 3.52. The van der Waals surface area contributed by atoms with Gasteiger partial charge in [-0.2, -0.15) is 0 Å². The molecule has 96 valence electrons. The average Bonchev–Trinajstić information content (AvgIpc) is 2.65. The van der Waals surface area contributed by atoms with Crippen LogP contribution in [0.15, 0.2) is 0 Å². The summed E-state index contributed by atoms with van der Waals surface area (Å²) in [6, 6.07) is -0.688. The quantitative estimate of drug-likeness (QED) is 0.761. The van der Waals surface area contributed by atoms with Gasteiger partial charge in [0.05, 0.1) is 0 Å². The largest absolute Gasteiger partial charge is 0.480 e. The van der Waals surface area contributed by atoms with Gasteiger partial charge in [0.25, 0.3) is 0 Å². The first kappa shape index (κ1) is 12.2. The lowest BCUT2D eigenvalue weighted by Gasteiger charge is -2.28. The van der Waals surface area contributed by atoms with Crippen LogP contribution in [0.1, 0.15) is 40.5 Å². The number of nitrogens with zero attached hydrogens (tertiary/aromatic N) is 1. The van der Waals surface area contributed by atoms with E-state index in [1.165, 1.54) is 4.90 Å². The van der Waals surface area contributed by atoms with Crippen LogP contribution >= 0.6 is 0 Å². The van der Waals surface area contributed by atoms with Crippen molar-refractivity contribution in [3.05, 3.63) is 0 Å². The topological polar surface area (TPSA) is 66.8 Å². The van der Waals surface area contributed by atoms with Crippen LogP contribution in [-0.4, -0.2) is 39.8 Å². The van der Waals surface area contributed by atoms with Crippen LogP contribution in [0.3, 0.4) is 0 Å². The van der Waals surface area contributed by atoms with Crippen molar-refractivity contribution < 1.29 is 19.4 Å². The van der Waals surface area contributed by atoms with Crippen molar-refractivity contribution in [1.82, 2.24) is 4.90 Å². The lowest BCUT2D eigenvalue weighted by molar-refractivity contribution is -0.142. The van der Waals surface area contributed by atoms with Crippen molar-refractivity contribution >= 4 is 12.1 Å². The van der Waals surface area contributed by atoms with E-state index < -0.39 is 23.7 Å². The Balaban J connectivity index is 2.13. The van der Waals surface area contributed by atoms with Crippen LogP contribution in [0.5, 0.6) is 0 Å². The fourth-order valence-corrected chi connectivity index (χ4v) is 2.57. The minimum absolute atomic E-state index is 0.0139. The van der Waals surface area contributed by atoms with E-state index in [1.807, 2.05) is 6.92 Å². The zero-order valence-corrected chi connectivity index (χ0v) is 10.7. The highest BCUT2D eigenvalue weighted by Gasteiger charge is 2.65.